The number of unbranched alkanes of at least 4 members (excludes halogenated alkanes) is 1. The Morgan fingerprint density at radius 1 is 1.03 bits per heavy atom. The molecule has 0 saturated carbocycles. The summed E-state index contributed by atoms with van der Waals surface area (Å²) in [5, 5.41) is 0.794. The lowest BCUT2D eigenvalue weighted by Crippen LogP contribution is -2.18. The number of nitrogens with zero attached hydrogens (tertiary/aromatic N) is 4. The Balaban J connectivity index is 1.52. The van der Waals surface area contributed by atoms with Crippen molar-refractivity contribution in [3.8, 4) is 0 Å². The second-order valence-corrected chi connectivity index (χ2v) is 7.94. The highest BCUT2D eigenvalue weighted by atomic mass is 16.1. The van der Waals surface area contributed by atoms with Gasteiger partial charge in [-0.25, -0.2) is 9.97 Å². The second-order valence-electron chi connectivity index (χ2n) is 7.94. The molecule has 2 N–H and O–H groups in total. The first-order valence-electron chi connectivity index (χ1n) is 10.6. The molecule has 1 saturated heterocycles. The molecule has 6 heteroatoms. The van der Waals surface area contributed by atoms with E-state index in [1.165, 1.54) is 37.1 Å². The highest BCUT2D eigenvalue weighted by Gasteiger charge is 2.15. The minimum absolute atomic E-state index is 0.0422. The quantitative estimate of drug-likeness (QED) is 0.587. The van der Waals surface area contributed by atoms with Crippen LogP contribution in [-0.2, 0) is 13.1 Å². The number of nitrogens with two attached hydrogens (primary N) is 1. The molecule has 0 atom stereocenters. The summed E-state index contributed by atoms with van der Waals surface area (Å²) in [4.78, 5) is 23.7. The fourth-order valence-electron chi connectivity index (χ4n) is 3.94. The van der Waals surface area contributed by atoms with Crippen molar-refractivity contribution in [2.45, 2.75) is 52.1 Å². The molecule has 4 rings (SSSR count). The van der Waals surface area contributed by atoms with Crippen LogP contribution in [0, 0.1) is 0 Å². The number of ketones is 1. The van der Waals surface area contributed by atoms with Crippen LogP contribution in [-0.4, -0.2) is 38.3 Å². The monoisotopic (exact) mass is 391 g/mol. The summed E-state index contributed by atoms with van der Waals surface area (Å²) < 4.78 is 2.04. The van der Waals surface area contributed by atoms with Crippen LogP contribution in [0.3, 0.4) is 0 Å². The third-order valence-electron chi connectivity index (χ3n) is 5.64. The molecule has 152 valence electrons. The van der Waals surface area contributed by atoms with E-state index < -0.39 is 0 Å². The molecule has 3 heterocycles. The summed E-state index contributed by atoms with van der Waals surface area (Å²) >= 11 is 0. The lowest BCUT2D eigenvalue weighted by Gasteiger charge is -2.15. The standard InChI is InChI=1S/C23H29N5O/c1-2-3-6-20(29)22-25-21(24)19-11-14-28(23(19)26-22)16-18-9-7-17(8-10-18)15-27-12-4-5-13-27/h7-11,14H,2-6,12-13,15-16H2,1H3,(H2,24,25,26). The van der Waals surface area contributed by atoms with Crippen molar-refractivity contribution in [2.24, 2.45) is 0 Å². The van der Waals surface area contributed by atoms with Crippen LogP contribution in [0.5, 0.6) is 0 Å². The molecule has 0 amide bonds. The maximum atomic E-state index is 12.4. The van der Waals surface area contributed by atoms with Crippen LogP contribution in [0.2, 0.25) is 0 Å². The molecule has 1 aromatic carbocycles. The van der Waals surface area contributed by atoms with Gasteiger partial charge in [0.2, 0.25) is 0 Å². The highest BCUT2D eigenvalue weighted by molar-refractivity contribution is 5.96. The number of benzene rings is 1. The van der Waals surface area contributed by atoms with E-state index in [-0.39, 0.29) is 11.6 Å². The molecule has 1 aliphatic heterocycles. The van der Waals surface area contributed by atoms with Gasteiger partial charge >= 0.3 is 0 Å². The van der Waals surface area contributed by atoms with E-state index in [1.807, 2.05) is 16.8 Å². The average molecular weight is 392 g/mol. The van der Waals surface area contributed by atoms with Gasteiger partial charge in [0.15, 0.2) is 11.6 Å². The van der Waals surface area contributed by atoms with Crippen molar-refractivity contribution in [1.82, 2.24) is 19.4 Å². The van der Waals surface area contributed by atoms with Crippen LogP contribution in [0.4, 0.5) is 5.82 Å². The molecule has 0 unspecified atom stereocenters. The Bertz CT molecular complexity index is 986. The van der Waals surface area contributed by atoms with E-state index in [1.54, 1.807) is 0 Å². The summed E-state index contributed by atoms with van der Waals surface area (Å²) in [5.74, 6) is 0.554. The molecule has 1 fully saturated rings. The molecule has 29 heavy (non-hydrogen) atoms. The van der Waals surface area contributed by atoms with Gasteiger partial charge in [-0.3, -0.25) is 9.69 Å². The van der Waals surface area contributed by atoms with Gasteiger partial charge in [0.1, 0.15) is 11.5 Å². The third kappa shape index (κ3) is 4.48. The Hall–Kier alpha value is -2.73. The molecule has 0 radical (unpaired) electrons. The number of nitrogen functional groups attached to an aromatic ring is 1. The van der Waals surface area contributed by atoms with Crippen molar-refractivity contribution in [1.29, 1.82) is 0 Å². The summed E-state index contributed by atoms with van der Waals surface area (Å²) in [6.07, 6.45) is 6.85. The number of likely N-dealkylation sites (tertiary alicyclic amines) is 1. The van der Waals surface area contributed by atoms with Gasteiger partial charge in [-0.05, 0) is 49.5 Å². The second kappa shape index (κ2) is 8.74. The lowest BCUT2D eigenvalue weighted by atomic mass is 10.1. The van der Waals surface area contributed by atoms with Crippen molar-refractivity contribution in [3.05, 3.63) is 53.5 Å². The van der Waals surface area contributed by atoms with Gasteiger partial charge in [0.25, 0.3) is 0 Å². The predicted octanol–water partition coefficient (Wildman–Crippen LogP) is 4.03. The number of carbonyl (C=O) groups excluding carboxylic acids is 1. The molecular weight excluding hydrogens is 362 g/mol. The first kappa shape index (κ1) is 19.6. The van der Waals surface area contributed by atoms with Crippen LogP contribution < -0.4 is 5.73 Å². The number of carbonyl (C=O) groups is 1. The Morgan fingerprint density at radius 2 is 1.72 bits per heavy atom. The minimum atomic E-state index is -0.0422. The Morgan fingerprint density at radius 3 is 2.41 bits per heavy atom. The van der Waals surface area contributed by atoms with E-state index in [0.29, 0.717) is 18.8 Å². The number of Topliss-reactive ketones (excluding diaryl/α,β-unsaturated/α-hetero) is 1. The fourth-order valence-corrected chi connectivity index (χ4v) is 3.94. The molecule has 2 aromatic heterocycles. The molecule has 0 spiro atoms. The molecule has 0 bridgehead atoms. The zero-order valence-corrected chi connectivity index (χ0v) is 17.1. The van der Waals surface area contributed by atoms with Gasteiger partial charge < -0.3 is 10.3 Å². The third-order valence-corrected chi connectivity index (χ3v) is 5.64. The number of fused-ring (bicyclic) bond motifs is 1. The first-order valence-corrected chi connectivity index (χ1v) is 10.6. The normalized spacial score (nSPS) is 14.7. The molecule has 0 aliphatic carbocycles. The molecule has 6 nitrogen and oxygen atoms in total. The van der Waals surface area contributed by atoms with Crippen molar-refractivity contribution >= 4 is 22.6 Å². The van der Waals surface area contributed by atoms with Gasteiger partial charge in [0, 0.05) is 25.7 Å². The van der Waals surface area contributed by atoms with Crippen molar-refractivity contribution < 1.29 is 4.79 Å². The molecule has 1 aliphatic rings. The lowest BCUT2D eigenvalue weighted by molar-refractivity contribution is 0.0970. The zero-order valence-electron chi connectivity index (χ0n) is 17.1. The van der Waals surface area contributed by atoms with Crippen molar-refractivity contribution in [2.75, 3.05) is 18.8 Å². The topological polar surface area (TPSA) is 77.0 Å². The first-order chi connectivity index (χ1) is 14.1. The SMILES string of the molecule is CCCCC(=O)c1nc(N)c2ccn(Cc3ccc(CN4CCCC4)cc3)c2n1. The Kier molecular flexibility index (Phi) is 5.90. The van der Waals surface area contributed by atoms with Crippen LogP contribution in [0.25, 0.3) is 11.0 Å². The van der Waals surface area contributed by atoms with Crippen molar-refractivity contribution in [3.63, 3.8) is 0 Å². The summed E-state index contributed by atoms with van der Waals surface area (Å²) in [6, 6.07) is 10.7. The maximum Gasteiger partial charge on any atom is 0.200 e. The molecule has 3 aromatic rings. The summed E-state index contributed by atoms with van der Waals surface area (Å²) in [7, 11) is 0. The smallest absolute Gasteiger partial charge is 0.200 e. The van der Waals surface area contributed by atoms with Gasteiger partial charge in [-0.2, -0.15) is 0 Å². The van der Waals surface area contributed by atoms with E-state index in [0.717, 1.165) is 30.4 Å². The largest absolute Gasteiger partial charge is 0.383 e. The fraction of sp³-hybridized carbons (Fsp3) is 0.435. The molecular formula is C23H29N5O. The van der Waals surface area contributed by atoms with E-state index in [2.05, 4.69) is 46.1 Å². The number of hydrogen-bond donors (Lipinski definition) is 1. The summed E-state index contributed by atoms with van der Waals surface area (Å²) in [6.45, 7) is 6.19. The van der Waals surface area contributed by atoms with E-state index in [4.69, 9.17) is 5.73 Å². The maximum absolute atomic E-state index is 12.4. The van der Waals surface area contributed by atoms with E-state index >= 15 is 0 Å². The summed E-state index contributed by atoms with van der Waals surface area (Å²) in [5.41, 5.74) is 9.38. The van der Waals surface area contributed by atoms with Gasteiger partial charge in [0.05, 0.1) is 5.39 Å². The van der Waals surface area contributed by atoms with Gasteiger partial charge in [-0.1, -0.05) is 37.6 Å². The van der Waals surface area contributed by atoms with E-state index in [9.17, 15) is 4.79 Å². The number of rotatable bonds is 8. The van der Waals surface area contributed by atoms with Crippen LogP contribution in [0.15, 0.2) is 36.5 Å². The number of hydrogen-bond acceptors (Lipinski definition) is 5. The van der Waals surface area contributed by atoms with Crippen LogP contribution in [0.1, 0.15) is 60.8 Å². The number of aromatic nitrogens is 3. The highest BCUT2D eigenvalue weighted by Crippen LogP contribution is 2.21. The zero-order chi connectivity index (χ0) is 20.2. The van der Waals surface area contributed by atoms with Crippen LogP contribution >= 0.6 is 0 Å². The number of anilines is 1. The van der Waals surface area contributed by atoms with Gasteiger partial charge in [-0.15, -0.1) is 0 Å². The Labute approximate surface area is 171 Å². The minimum Gasteiger partial charge on any atom is -0.383 e. The predicted molar refractivity (Wildman–Crippen MR) is 116 cm³/mol. The average Bonchev–Trinajstić information content (AvgIpc) is 3.38.